The van der Waals surface area contributed by atoms with Crippen LogP contribution in [0.15, 0.2) is 66.7 Å². The normalized spacial score (nSPS) is 11.5. The highest BCUT2D eigenvalue weighted by atomic mass is 16.3. The first-order valence-corrected chi connectivity index (χ1v) is 13.7. The van der Waals surface area contributed by atoms with E-state index in [4.69, 9.17) is 0 Å². The molecule has 0 spiro atoms. The Kier molecular flexibility index (Phi) is 13.6. The van der Waals surface area contributed by atoms with E-state index in [9.17, 15) is 14.7 Å². The van der Waals surface area contributed by atoms with Crippen molar-refractivity contribution in [1.82, 2.24) is 5.43 Å². The Bertz CT molecular complexity index is 898. The Hall–Kier alpha value is -2.92. The summed E-state index contributed by atoms with van der Waals surface area (Å²) in [6.07, 6.45) is 14.3. The van der Waals surface area contributed by atoms with Gasteiger partial charge >= 0.3 is 0 Å². The molecule has 2 aromatic carbocycles. The molecule has 0 aliphatic carbocycles. The maximum Gasteiger partial charge on any atom is 0.270 e. The quantitative estimate of drug-likeness (QED) is 0.148. The second-order valence-corrected chi connectivity index (χ2v) is 9.55. The van der Waals surface area contributed by atoms with Crippen molar-refractivity contribution in [1.29, 1.82) is 0 Å². The van der Waals surface area contributed by atoms with Crippen molar-refractivity contribution < 1.29 is 14.7 Å². The van der Waals surface area contributed by atoms with E-state index in [1.54, 1.807) is 18.2 Å². The lowest BCUT2D eigenvalue weighted by molar-refractivity contribution is -0.142. The predicted molar refractivity (Wildman–Crippen MR) is 149 cm³/mol. The molecule has 0 aliphatic heterocycles. The van der Waals surface area contributed by atoms with Crippen LogP contribution in [0.1, 0.15) is 96.5 Å². The lowest BCUT2D eigenvalue weighted by Crippen LogP contribution is -2.55. The van der Waals surface area contributed by atoms with Crippen molar-refractivity contribution in [3.05, 3.63) is 72.3 Å². The molecule has 0 fully saturated rings. The van der Waals surface area contributed by atoms with Gasteiger partial charge in [0.1, 0.15) is 5.60 Å². The topological polar surface area (TPSA) is 69.6 Å². The fraction of sp³-hybridized carbons (Fsp3) is 0.484. The summed E-state index contributed by atoms with van der Waals surface area (Å²) < 4.78 is 0. The highest BCUT2D eigenvalue weighted by molar-refractivity contribution is 6.05. The Labute approximate surface area is 217 Å². The van der Waals surface area contributed by atoms with Gasteiger partial charge in [0.05, 0.1) is 5.69 Å². The van der Waals surface area contributed by atoms with Gasteiger partial charge in [-0.1, -0.05) is 127 Å². The van der Waals surface area contributed by atoms with Gasteiger partial charge in [-0.05, 0) is 36.6 Å². The minimum Gasteiger partial charge on any atom is -0.380 e. The number of benzene rings is 2. The first-order chi connectivity index (χ1) is 17.5. The van der Waals surface area contributed by atoms with Crippen LogP contribution < -0.4 is 10.4 Å². The largest absolute Gasteiger partial charge is 0.380 e. The molecule has 5 heteroatoms. The highest BCUT2D eigenvalue weighted by Gasteiger charge is 2.36. The first-order valence-electron chi connectivity index (χ1n) is 13.7. The molecule has 2 aromatic rings. The third-order valence-corrected chi connectivity index (χ3v) is 6.48. The van der Waals surface area contributed by atoms with Crippen molar-refractivity contribution in [2.75, 3.05) is 5.01 Å². The average molecular weight is 493 g/mol. The third-order valence-electron chi connectivity index (χ3n) is 6.48. The van der Waals surface area contributed by atoms with Crippen LogP contribution in [0.5, 0.6) is 0 Å². The number of hydrogen-bond donors (Lipinski definition) is 2. The van der Waals surface area contributed by atoms with E-state index in [1.165, 1.54) is 11.1 Å². The fourth-order valence-corrected chi connectivity index (χ4v) is 4.23. The van der Waals surface area contributed by atoms with E-state index in [2.05, 4.69) is 19.3 Å². The predicted octanol–water partition coefficient (Wildman–Crippen LogP) is 7.22. The zero-order chi connectivity index (χ0) is 26.1. The van der Waals surface area contributed by atoms with Crippen molar-refractivity contribution in [2.45, 2.75) is 96.5 Å². The summed E-state index contributed by atoms with van der Waals surface area (Å²) in [6, 6.07) is 18.6. The standard InChI is InChI=1S/C31H44N2O3/c1-3-5-7-9-17-25-31(36,26-18-10-8-6-4-2)30(35)32-33(28-21-15-12-16-22-28)29(34)24-23-27-19-13-11-14-20-27/h11-16,19-24,36H,3-10,17-18,25-26H2,1-2H3,(H,32,35). The second kappa shape index (κ2) is 16.7. The second-order valence-electron chi connectivity index (χ2n) is 9.55. The van der Waals surface area contributed by atoms with E-state index in [0.29, 0.717) is 18.5 Å². The highest BCUT2D eigenvalue weighted by Crippen LogP contribution is 2.25. The number of hydrazine groups is 1. The first kappa shape index (κ1) is 29.3. The number of hydrogen-bond acceptors (Lipinski definition) is 3. The molecule has 0 radical (unpaired) electrons. The van der Waals surface area contributed by atoms with Crippen LogP contribution in [0.2, 0.25) is 0 Å². The summed E-state index contributed by atoms with van der Waals surface area (Å²) in [7, 11) is 0. The van der Waals surface area contributed by atoms with Gasteiger partial charge in [0.15, 0.2) is 0 Å². The summed E-state index contributed by atoms with van der Waals surface area (Å²) in [5, 5.41) is 12.7. The molecule has 0 unspecified atom stereocenters. The maximum absolute atomic E-state index is 13.5. The molecule has 0 aliphatic rings. The molecule has 0 saturated carbocycles. The fourth-order valence-electron chi connectivity index (χ4n) is 4.23. The van der Waals surface area contributed by atoms with Gasteiger partial charge < -0.3 is 5.11 Å². The number of nitrogens with zero attached hydrogens (tertiary/aromatic N) is 1. The molecule has 2 rings (SSSR count). The van der Waals surface area contributed by atoms with E-state index in [1.807, 2.05) is 48.5 Å². The Morgan fingerprint density at radius 1 is 0.778 bits per heavy atom. The molecule has 36 heavy (non-hydrogen) atoms. The van der Waals surface area contributed by atoms with Gasteiger partial charge in [0.2, 0.25) is 0 Å². The lowest BCUT2D eigenvalue weighted by atomic mass is 9.89. The molecule has 0 atom stereocenters. The average Bonchev–Trinajstić information content (AvgIpc) is 2.91. The van der Waals surface area contributed by atoms with Crippen molar-refractivity contribution in [3.8, 4) is 0 Å². The number of anilines is 1. The number of rotatable bonds is 16. The molecule has 0 saturated heterocycles. The van der Waals surface area contributed by atoms with Gasteiger partial charge in [0.25, 0.3) is 11.8 Å². The molecule has 0 aromatic heterocycles. The van der Waals surface area contributed by atoms with E-state index in [-0.39, 0.29) is 5.91 Å². The smallest absolute Gasteiger partial charge is 0.270 e. The number of nitrogens with one attached hydrogen (secondary N) is 1. The monoisotopic (exact) mass is 492 g/mol. The molecular formula is C31H44N2O3. The number of carbonyl (C=O) groups is 2. The zero-order valence-corrected chi connectivity index (χ0v) is 22.1. The summed E-state index contributed by atoms with van der Waals surface area (Å²) in [5.74, 6) is -0.898. The van der Waals surface area contributed by atoms with Crippen LogP contribution in [0.4, 0.5) is 5.69 Å². The van der Waals surface area contributed by atoms with Crippen LogP contribution in [-0.4, -0.2) is 22.5 Å². The molecule has 2 N–H and O–H groups in total. The Balaban J connectivity index is 2.16. The van der Waals surface area contributed by atoms with Crippen LogP contribution in [0, 0.1) is 0 Å². The van der Waals surface area contributed by atoms with E-state index >= 15 is 0 Å². The molecule has 2 amide bonds. The Morgan fingerprint density at radius 2 is 1.28 bits per heavy atom. The van der Waals surface area contributed by atoms with E-state index in [0.717, 1.165) is 69.8 Å². The summed E-state index contributed by atoms with van der Waals surface area (Å²) in [5.41, 5.74) is 2.69. The molecule has 0 heterocycles. The van der Waals surface area contributed by atoms with Crippen LogP contribution in [-0.2, 0) is 9.59 Å². The van der Waals surface area contributed by atoms with Gasteiger partial charge in [-0.2, -0.15) is 0 Å². The number of amides is 2. The maximum atomic E-state index is 13.5. The number of unbranched alkanes of at least 4 members (excludes halogenated alkanes) is 8. The SMILES string of the molecule is CCCCCCCC(O)(CCCCCCC)C(=O)NN(C(=O)C=Cc1ccccc1)c1ccccc1. The summed E-state index contributed by atoms with van der Waals surface area (Å²) >= 11 is 0. The number of carbonyl (C=O) groups excluding carboxylic acids is 2. The number of para-hydroxylation sites is 1. The number of aliphatic hydroxyl groups is 1. The van der Waals surface area contributed by atoms with Gasteiger partial charge in [0, 0.05) is 6.08 Å². The van der Waals surface area contributed by atoms with Crippen LogP contribution in [0.25, 0.3) is 6.08 Å². The van der Waals surface area contributed by atoms with Gasteiger partial charge in [-0.25, -0.2) is 5.01 Å². The lowest BCUT2D eigenvalue weighted by Gasteiger charge is -2.31. The van der Waals surface area contributed by atoms with Crippen LogP contribution >= 0.6 is 0 Å². The van der Waals surface area contributed by atoms with E-state index < -0.39 is 11.5 Å². The molecule has 0 bridgehead atoms. The van der Waals surface area contributed by atoms with Crippen molar-refractivity contribution in [3.63, 3.8) is 0 Å². The minimum absolute atomic E-state index is 0.383. The van der Waals surface area contributed by atoms with Crippen molar-refractivity contribution >= 4 is 23.6 Å². The minimum atomic E-state index is -1.51. The van der Waals surface area contributed by atoms with Gasteiger partial charge in [-0.3, -0.25) is 15.0 Å². The van der Waals surface area contributed by atoms with Crippen LogP contribution in [0.3, 0.4) is 0 Å². The zero-order valence-electron chi connectivity index (χ0n) is 22.1. The third kappa shape index (κ3) is 10.4. The van der Waals surface area contributed by atoms with Crippen molar-refractivity contribution in [2.24, 2.45) is 0 Å². The Morgan fingerprint density at radius 3 is 1.81 bits per heavy atom. The van der Waals surface area contributed by atoms with Gasteiger partial charge in [-0.15, -0.1) is 0 Å². The molecular weight excluding hydrogens is 448 g/mol. The molecule has 196 valence electrons. The summed E-state index contributed by atoms with van der Waals surface area (Å²) in [6.45, 7) is 4.34. The summed E-state index contributed by atoms with van der Waals surface area (Å²) in [4.78, 5) is 26.7. The molecule has 5 nitrogen and oxygen atoms in total.